The monoisotopic (exact) mass is 410 g/mol. The van der Waals surface area contributed by atoms with Gasteiger partial charge in [0.05, 0.1) is 4.88 Å². The quantitative estimate of drug-likeness (QED) is 0.545. The number of hydrogen-bond donors (Lipinski definition) is 1. The molecule has 1 aliphatic heterocycles. The summed E-state index contributed by atoms with van der Waals surface area (Å²) in [7, 11) is 0. The summed E-state index contributed by atoms with van der Waals surface area (Å²) in [6, 6.07) is 11.9. The minimum Gasteiger partial charge on any atom is -0.357 e. The van der Waals surface area contributed by atoms with Gasteiger partial charge in [-0.25, -0.2) is 0 Å². The lowest BCUT2D eigenvalue weighted by Crippen LogP contribution is -2.48. The number of pyridine rings is 1. The Morgan fingerprint density at radius 3 is 2.79 bits per heavy atom. The fraction of sp³-hybridized carbons (Fsp3) is 0.238. The van der Waals surface area contributed by atoms with E-state index in [2.05, 4.69) is 20.9 Å². The van der Waals surface area contributed by atoms with Gasteiger partial charge in [0.25, 0.3) is 5.91 Å². The lowest BCUT2D eigenvalue weighted by molar-refractivity contribution is 0.0632. The van der Waals surface area contributed by atoms with Crippen molar-refractivity contribution in [2.75, 3.05) is 26.2 Å². The first-order valence-electron chi connectivity index (χ1n) is 9.28. The number of rotatable bonds is 3. The minimum absolute atomic E-state index is 0.119. The van der Waals surface area contributed by atoms with Crippen LogP contribution in [0, 0.1) is 0 Å². The average Bonchev–Trinajstić information content (AvgIpc) is 3.31. The molecule has 0 atom stereocenters. The maximum absolute atomic E-state index is 12.9. The number of aromatic amines is 1. The van der Waals surface area contributed by atoms with Crippen molar-refractivity contribution in [2.24, 2.45) is 0 Å². The number of piperazine rings is 1. The zero-order chi connectivity index (χ0) is 19.1. The Balaban J connectivity index is 1.24. The summed E-state index contributed by atoms with van der Waals surface area (Å²) < 4.78 is 1.06. The molecule has 0 saturated carbocycles. The Bertz CT molecular complexity index is 1130. The number of halogens is 1. The summed E-state index contributed by atoms with van der Waals surface area (Å²) in [4.78, 5) is 25.7. The summed E-state index contributed by atoms with van der Waals surface area (Å²) in [6.45, 7) is 4.09. The van der Waals surface area contributed by atoms with Gasteiger partial charge < -0.3 is 9.88 Å². The van der Waals surface area contributed by atoms with Crippen molar-refractivity contribution in [1.82, 2.24) is 19.8 Å². The van der Waals surface area contributed by atoms with Crippen molar-refractivity contribution in [3.63, 3.8) is 0 Å². The molecule has 0 bridgehead atoms. The Hall–Kier alpha value is -2.41. The molecule has 0 radical (unpaired) electrons. The number of carbonyl (C=O) groups is 1. The van der Waals surface area contributed by atoms with Crippen LogP contribution in [-0.4, -0.2) is 51.9 Å². The standard InChI is InChI=1S/C21H19ClN4OS/c22-16-2-1-14-10-20(28-19(14)11-16)21(27)26-7-5-25(6-8-26)13-17-9-15-12-23-4-3-18(15)24-17/h1-4,9-12,24H,5-8,13H2. The second-order valence-corrected chi connectivity index (χ2v) is 8.64. The molecule has 5 rings (SSSR count). The molecule has 4 aromatic rings. The third-order valence-electron chi connectivity index (χ3n) is 5.22. The molecule has 0 aliphatic carbocycles. The highest BCUT2D eigenvalue weighted by atomic mass is 35.5. The smallest absolute Gasteiger partial charge is 0.264 e. The maximum Gasteiger partial charge on any atom is 0.264 e. The topological polar surface area (TPSA) is 52.2 Å². The van der Waals surface area contributed by atoms with Crippen LogP contribution in [0.15, 0.2) is 48.8 Å². The zero-order valence-electron chi connectivity index (χ0n) is 15.2. The van der Waals surface area contributed by atoms with Gasteiger partial charge in [-0.2, -0.15) is 0 Å². The molecule has 3 aromatic heterocycles. The largest absolute Gasteiger partial charge is 0.357 e. The number of aromatic nitrogens is 2. The van der Waals surface area contributed by atoms with Gasteiger partial charge in [-0.15, -0.1) is 11.3 Å². The Kier molecular flexibility index (Phi) is 4.55. The summed E-state index contributed by atoms with van der Waals surface area (Å²) in [5.74, 6) is 0.119. The highest BCUT2D eigenvalue weighted by Gasteiger charge is 2.23. The average molecular weight is 411 g/mol. The van der Waals surface area contributed by atoms with E-state index >= 15 is 0 Å². The highest BCUT2D eigenvalue weighted by Crippen LogP contribution is 2.29. The number of carbonyl (C=O) groups excluding carboxylic acids is 1. The Labute approximate surface area is 171 Å². The van der Waals surface area contributed by atoms with Crippen LogP contribution in [0.25, 0.3) is 21.0 Å². The third kappa shape index (κ3) is 3.39. The van der Waals surface area contributed by atoms with Crippen LogP contribution < -0.4 is 0 Å². The van der Waals surface area contributed by atoms with Crippen molar-refractivity contribution in [3.05, 3.63) is 64.4 Å². The van der Waals surface area contributed by atoms with Crippen molar-refractivity contribution in [2.45, 2.75) is 6.54 Å². The summed E-state index contributed by atoms with van der Waals surface area (Å²) in [5.41, 5.74) is 2.30. The van der Waals surface area contributed by atoms with Crippen LogP contribution in [0.4, 0.5) is 0 Å². The van der Waals surface area contributed by atoms with Crippen LogP contribution in [0.1, 0.15) is 15.4 Å². The van der Waals surface area contributed by atoms with Crippen LogP contribution >= 0.6 is 22.9 Å². The Morgan fingerprint density at radius 1 is 1.11 bits per heavy atom. The fourth-order valence-electron chi connectivity index (χ4n) is 3.73. The van der Waals surface area contributed by atoms with Gasteiger partial charge >= 0.3 is 0 Å². The molecule has 1 amide bonds. The van der Waals surface area contributed by atoms with E-state index in [0.29, 0.717) is 5.02 Å². The first kappa shape index (κ1) is 17.7. The van der Waals surface area contributed by atoms with Gasteiger partial charge in [-0.3, -0.25) is 14.7 Å². The summed E-state index contributed by atoms with van der Waals surface area (Å²) in [5, 5.41) is 2.91. The van der Waals surface area contributed by atoms with E-state index < -0.39 is 0 Å². The van der Waals surface area contributed by atoms with E-state index in [4.69, 9.17) is 11.6 Å². The SMILES string of the molecule is O=C(c1cc2ccc(Cl)cc2s1)N1CCN(Cc2cc3cnccc3[nH]2)CC1. The number of nitrogens with one attached hydrogen (secondary N) is 1. The number of nitrogens with zero attached hydrogens (tertiary/aromatic N) is 3. The van der Waals surface area contributed by atoms with Gasteiger partial charge in [0, 0.05) is 71.4 Å². The first-order valence-corrected chi connectivity index (χ1v) is 10.5. The second kappa shape index (κ2) is 7.20. The Morgan fingerprint density at radius 2 is 1.96 bits per heavy atom. The number of benzene rings is 1. The molecule has 142 valence electrons. The molecule has 0 unspecified atom stereocenters. The lowest BCUT2D eigenvalue weighted by Gasteiger charge is -2.34. The van der Waals surface area contributed by atoms with Crippen LogP contribution in [0.2, 0.25) is 5.02 Å². The summed E-state index contributed by atoms with van der Waals surface area (Å²) >= 11 is 7.58. The predicted molar refractivity (Wildman–Crippen MR) is 114 cm³/mol. The number of H-pyrrole nitrogens is 1. The van der Waals surface area contributed by atoms with Gasteiger partial charge in [-0.1, -0.05) is 17.7 Å². The van der Waals surface area contributed by atoms with E-state index in [1.807, 2.05) is 41.4 Å². The van der Waals surface area contributed by atoms with Crippen LogP contribution in [0.3, 0.4) is 0 Å². The number of fused-ring (bicyclic) bond motifs is 2. The second-order valence-electron chi connectivity index (χ2n) is 7.12. The van der Waals surface area contributed by atoms with Crippen molar-refractivity contribution >= 4 is 49.8 Å². The number of amides is 1. The summed E-state index contributed by atoms with van der Waals surface area (Å²) in [6.07, 6.45) is 3.68. The molecule has 28 heavy (non-hydrogen) atoms. The van der Waals surface area contributed by atoms with E-state index in [1.54, 1.807) is 6.20 Å². The number of thiophene rings is 1. The molecular weight excluding hydrogens is 392 g/mol. The number of hydrogen-bond acceptors (Lipinski definition) is 4. The van der Waals surface area contributed by atoms with Crippen LogP contribution in [-0.2, 0) is 6.54 Å². The molecule has 1 fully saturated rings. The maximum atomic E-state index is 12.9. The highest BCUT2D eigenvalue weighted by molar-refractivity contribution is 7.20. The normalized spacial score (nSPS) is 15.5. The van der Waals surface area contributed by atoms with Crippen molar-refractivity contribution < 1.29 is 4.79 Å². The predicted octanol–water partition coefficient (Wildman–Crippen LogP) is 4.39. The van der Waals surface area contributed by atoms with Crippen LogP contribution in [0.5, 0.6) is 0 Å². The van der Waals surface area contributed by atoms with Gasteiger partial charge in [0.2, 0.25) is 0 Å². The third-order valence-corrected chi connectivity index (χ3v) is 6.54. The minimum atomic E-state index is 0.119. The zero-order valence-corrected chi connectivity index (χ0v) is 16.8. The molecule has 5 nitrogen and oxygen atoms in total. The molecule has 1 saturated heterocycles. The van der Waals surface area contributed by atoms with E-state index in [9.17, 15) is 4.79 Å². The molecule has 4 heterocycles. The molecule has 7 heteroatoms. The fourth-order valence-corrected chi connectivity index (χ4v) is 5.04. The molecule has 1 aromatic carbocycles. The van der Waals surface area contributed by atoms with E-state index in [1.165, 1.54) is 17.0 Å². The molecule has 0 spiro atoms. The van der Waals surface area contributed by atoms with Crippen molar-refractivity contribution in [3.8, 4) is 0 Å². The van der Waals surface area contributed by atoms with Gasteiger partial charge in [0.1, 0.15) is 0 Å². The van der Waals surface area contributed by atoms with E-state index in [-0.39, 0.29) is 5.91 Å². The molecule has 1 N–H and O–H groups in total. The molecule has 1 aliphatic rings. The first-order chi connectivity index (χ1) is 13.7. The van der Waals surface area contributed by atoms with Crippen molar-refractivity contribution in [1.29, 1.82) is 0 Å². The molecular formula is C21H19ClN4OS. The van der Waals surface area contributed by atoms with E-state index in [0.717, 1.165) is 58.6 Å². The van der Waals surface area contributed by atoms with Gasteiger partial charge in [-0.05, 0) is 35.7 Å². The lowest BCUT2D eigenvalue weighted by atomic mass is 10.2. The van der Waals surface area contributed by atoms with Gasteiger partial charge in [0.15, 0.2) is 0 Å².